The summed E-state index contributed by atoms with van der Waals surface area (Å²) < 4.78 is 5.99. The molecule has 0 radical (unpaired) electrons. The van der Waals surface area contributed by atoms with Crippen molar-refractivity contribution in [1.29, 1.82) is 0 Å². The Bertz CT molecular complexity index is 538. The number of carbonyl (C=O) groups is 1. The lowest BCUT2D eigenvalue weighted by Crippen LogP contribution is -2.46. The molecule has 1 amide bonds. The number of non-ortho nitro benzene ring substituents is 1. The van der Waals surface area contributed by atoms with Gasteiger partial charge in [-0.15, -0.1) is 0 Å². The number of hydrogen-bond acceptors (Lipinski definition) is 4. The summed E-state index contributed by atoms with van der Waals surface area (Å²) in [4.78, 5) is 24.4. The second-order valence-corrected chi connectivity index (χ2v) is 5.92. The number of hydrogen-bond donors (Lipinski definition) is 0. The maximum absolute atomic E-state index is 12.4. The van der Waals surface area contributed by atoms with Crippen molar-refractivity contribution in [2.75, 3.05) is 25.0 Å². The Labute approximate surface area is 132 Å². The molecule has 0 N–H and O–H groups in total. The molecule has 2 rings (SSSR count). The summed E-state index contributed by atoms with van der Waals surface area (Å²) in [5.41, 5.74) is 0.203. The Hall–Kier alpha value is -0.990. The van der Waals surface area contributed by atoms with E-state index in [0.29, 0.717) is 35.1 Å². The van der Waals surface area contributed by atoms with E-state index >= 15 is 0 Å². The summed E-state index contributed by atoms with van der Waals surface area (Å²) in [6.07, 6.45) is -0.0464. The first-order valence-electron chi connectivity index (χ1n) is 5.93. The SMILES string of the molecule is O=C(c1cc(Br)cc([N+](=O)[O-])c1)N1CCOC(CBr)C1. The van der Waals surface area contributed by atoms with Crippen LogP contribution in [0.5, 0.6) is 0 Å². The van der Waals surface area contributed by atoms with Crippen LogP contribution in [0.15, 0.2) is 22.7 Å². The molecule has 8 heteroatoms. The van der Waals surface area contributed by atoms with E-state index in [-0.39, 0.29) is 17.7 Å². The average molecular weight is 408 g/mol. The lowest BCUT2D eigenvalue weighted by Gasteiger charge is -2.32. The lowest BCUT2D eigenvalue weighted by molar-refractivity contribution is -0.385. The van der Waals surface area contributed by atoms with Gasteiger partial charge in [-0.1, -0.05) is 31.9 Å². The number of rotatable bonds is 3. The highest BCUT2D eigenvalue weighted by Gasteiger charge is 2.25. The Kier molecular flexibility index (Phi) is 5.11. The molecule has 0 aromatic heterocycles. The standard InChI is InChI=1S/C12H12Br2N2O4/c13-6-11-7-15(1-2-20-11)12(17)8-3-9(14)5-10(4-8)16(18)19/h3-5,11H,1-2,6-7H2. The van der Waals surface area contributed by atoms with Gasteiger partial charge in [0.2, 0.25) is 0 Å². The first kappa shape index (κ1) is 15.4. The van der Waals surface area contributed by atoms with Crippen LogP contribution in [0.1, 0.15) is 10.4 Å². The minimum Gasteiger partial charge on any atom is -0.374 e. The van der Waals surface area contributed by atoms with Gasteiger partial charge in [0, 0.05) is 40.6 Å². The molecule has 1 aromatic carbocycles. The van der Waals surface area contributed by atoms with Gasteiger partial charge in [-0.2, -0.15) is 0 Å². The number of morpholine rings is 1. The summed E-state index contributed by atoms with van der Waals surface area (Å²) in [5, 5.41) is 11.5. The maximum Gasteiger partial charge on any atom is 0.271 e. The Morgan fingerprint density at radius 3 is 2.90 bits per heavy atom. The van der Waals surface area contributed by atoms with Crippen LogP contribution in [-0.4, -0.2) is 46.9 Å². The lowest BCUT2D eigenvalue weighted by atomic mass is 10.1. The third kappa shape index (κ3) is 3.56. The largest absolute Gasteiger partial charge is 0.374 e. The fourth-order valence-corrected chi connectivity index (χ4v) is 2.86. The summed E-state index contributed by atoms with van der Waals surface area (Å²) in [7, 11) is 0. The zero-order valence-electron chi connectivity index (χ0n) is 10.4. The molecule has 6 nitrogen and oxygen atoms in total. The van der Waals surface area contributed by atoms with Crippen molar-refractivity contribution in [2.45, 2.75) is 6.10 Å². The molecule has 0 bridgehead atoms. The number of benzene rings is 1. The van der Waals surface area contributed by atoms with Crippen LogP contribution in [0.4, 0.5) is 5.69 Å². The summed E-state index contributed by atoms with van der Waals surface area (Å²) in [6, 6.07) is 4.26. The van der Waals surface area contributed by atoms with Crippen molar-refractivity contribution < 1.29 is 14.5 Å². The second kappa shape index (κ2) is 6.64. The zero-order valence-corrected chi connectivity index (χ0v) is 13.6. The predicted octanol–water partition coefficient (Wildman–Crippen LogP) is 2.59. The molecular weight excluding hydrogens is 396 g/mol. The Morgan fingerprint density at radius 2 is 2.25 bits per heavy atom. The molecule has 0 aliphatic carbocycles. The van der Waals surface area contributed by atoms with Crippen molar-refractivity contribution in [2.24, 2.45) is 0 Å². The molecule has 108 valence electrons. The maximum atomic E-state index is 12.4. The van der Waals surface area contributed by atoms with Crippen molar-refractivity contribution in [3.8, 4) is 0 Å². The molecular formula is C12H12Br2N2O4. The van der Waals surface area contributed by atoms with E-state index in [1.54, 1.807) is 11.0 Å². The van der Waals surface area contributed by atoms with E-state index in [4.69, 9.17) is 4.74 Å². The van der Waals surface area contributed by atoms with Crippen LogP contribution in [0.25, 0.3) is 0 Å². The molecule has 1 atom stereocenters. The zero-order chi connectivity index (χ0) is 14.7. The van der Waals surface area contributed by atoms with Gasteiger partial charge in [0.1, 0.15) is 0 Å². The molecule has 0 saturated carbocycles. The van der Waals surface area contributed by atoms with Crippen LogP contribution in [-0.2, 0) is 4.74 Å². The minimum absolute atomic E-state index is 0.0464. The van der Waals surface area contributed by atoms with Crippen LogP contribution in [0, 0.1) is 10.1 Å². The van der Waals surface area contributed by atoms with Gasteiger partial charge in [-0.05, 0) is 6.07 Å². The molecule has 20 heavy (non-hydrogen) atoms. The molecule has 1 fully saturated rings. The fraction of sp³-hybridized carbons (Fsp3) is 0.417. The first-order chi connectivity index (χ1) is 9.51. The van der Waals surface area contributed by atoms with Crippen LogP contribution < -0.4 is 0 Å². The molecule has 1 unspecified atom stereocenters. The van der Waals surface area contributed by atoms with Gasteiger partial charge in [0.05, 0.1) is 17.6 Å². The van der Waals surface area contributed by atoms with E-state index in [0.717, 1.165) is 0 Å². The highest BCUT2D eigenvalue weighted by molar-refractivity contribution is 9.10. The minimum atomic E-state index is -0.512. The second-order valence-electron chi connectivity index (χ2n) is 4.35. The average Bonchev–Trinajstić information content (AvgIpc) is 2.45. The smallest absolute Gasteiger partial charge is 0.271 e. The number of nitro groups is 1. The summed E-state index contributed by atoms with van der Waals surface area (Å²) >= 11 is 6.52. The van der Waals surface area contributed by atoms with E-state index < -0.39 is 4.92 Å². The number of amides is 1. The first-order valence-corrected chi connectivity index (χ1v) is 7.84. The van der Waals surface area contributed by atoms with Gasteiger partial charge >= 0.3 is 0 Å². The predicted molar refractivity (Wildman–Crippen MR) is 80.2 cm³/mol. The van der Waals surface area contributed by atoms with Crippen molar-refractivity contribution in [1.82, 2.24) is 4.90 Å². The van der Waals surface area contributed by atoms with E-state index in [9.17, 15) is 14.9 Å². The quantitative estimate of drug-likeness (QED) is 0.438. The highest BCUT2D eigenvalue weighted by atomic mass is 79.9. The molecule has 1 heterocycles. The van der Waals surface area contributed by atoms with E-state index in [1.165, 1.54) is 12.1 Å². The van der Waals surface area contributed by atoms with E-state index in [2.05, 4.69) is 31.9 Å². The van der Waals surface area contributed by atoms with Gasteiger partial charge in [-0.25, -0.2) is 0 Å². The van der Waals surface area contributed by atoms with Gasteiger partial charge < -0.3 is 9.64 Å². The normalized spacial score (nSPS) is 18.9. The van der Waals surface area contributed by atoms with Gasteiger partial charge in [0.15, 0.2) is 0 Å². The number of nitro benzene ring substituents is 1. The third-order valence-electron chi connectivity index (χ3n) is 2.94. The highest BCUT2D eigenvalue weighted by Crippen LogP contribution is 2.23. The summed E-state index contributed by atoms with van der Waals surface area (Å²) in [5.74, 6) is -0.219. The van der Waals surface area contributed by atoms with Crippen LogP contribution >= 0.6 is 31.9 Å². The molecule has 0 spiro atoms. The number of nitrogens with zero attached hydrogens (tertiary/aromatic N) is 2. The Balaban J connectivity index is 2.22. The van der Waals surface area contributed by atoms with Crippen molar-refractivity contribution in [3.63, 3.8) is 0 Å². The molecule has 1 saturated heterocycles. The van der Waals surface area contributed by atoms with Crippen molar-refractivity contribution >= 4 is 43.5 Å². The summed E-state index contributed by atoms with van der Waals surface area (Å²) in [6.45, 7) is 1.44. The number of halogens is 2. The van der Waals surface area contributed by atoms with Crippen LogP contribution in [0.3, 0.4) is 0 Å². The van der Waals surface area contributed by atoms with Gasteiger partial charge in [0.25, 0.3) is 11.6 Å². The third-order valence-corrected chi connectivity index (χ3v) is 4.12. The molecule has 1 aliphatic heterocycles. The number of ether oxygens (including phenoxy) is 1. The van der Waals surface area contributed by atoms with Gasteiger partial charge in [-0.3, -0.25) is 14.9 Å². The van der Waals surface area contributed by atoms with Crippen LogP contribution in [0.2, 0.25) is 0 Å². The monoisotopic (exact) mass is 406 g/mol. The number of carbonyl (C=O) groups excluding carboxylic acids is 1. The van der Waals surface area contributed by atoms with Crippen molar-refractivity contribution in [3.05, 3.63) is 38.3 Å². The molecule has 1 aliphatic rings. The molecule has 1 aromatic rings. The topological polar surface area (TPSA) is 72.7 Å². The fourth-order valence-electron chi connectivity index (χ4n) is 1.98. The Morgan fingerprint density at radius 1 is 1.50 bits per heavy atom. The number of alkyl halides is 1. The van der Waals surface area contributed by atoms with E-state index in [1.807, 2.05) is 0 Å².